The summed E-state index contributed by atoms with van der Waals surface area (Å²) in [6.07, 6.45) is -4.00. The van der Waals surface area contributed by atoms with E-state index < -0.39 is 50.5 Å². The van der Waals surface area contributed by atoms with Gasteiger partial charge in [-0.25, -0.2) is 4.98 Å². The van der Waals surface area contributed by atoms with E-state index in [4.69, 9.17) is 31.2 Å². The molecule has 17 heteroatoms. The van der Waals surface area contributed by atoms with Gasteiger partial charge in [0.1, 0.15) is 23.8 Å². The first-order valence-electron chi connectivity index (χ1n) is 8.70. The van der Waals surface area contributed by atoms with Crippen LogP contribution in [0.3, 0.4) is 0 Å². The van der Waals surface area contributed by atoms with Gasteiger partial charge in [-0.15, -0.1) is 10.2 Å². The summed E-state index contributed by atoms with van der Waals surface area (Å²) < 4.78 is 29.0. The van der Waals surface area contributed by atoms with Crippen molar-refractivity contribution in [1.82, 2.24) is 29.7 Å². The SMILES string of the molecule is Cc1nnc(C(OC[C@H]2O[C@@H](n3cnc4c(N)nc(Cl)nc43)[C@H](O)[C@@H]2O)P(=O)(O)O)o1. The van der Waals surface area contributed by atoms with E-state index in [1.165, 1.54) is 17.8 Å². The maximum Gasteiger partial charge on any atom is 0.363 e. The first-order chi connectivity index (χ1) is 14.6. The second kappa shape index (κ2) is 8.03. The van der Waals surface area contributed by atoms with E-state index in [-0.39, 0.29) is 28.2 Å². The second-order valence-electron chi connectivity index (χ2n) is 6.68. The monoisotopic (exact) mass is 477 g/mol. The number of hydrogen-bond acceptors (Lipinski definition) is 12. The molecule has 0 radical (unpaired) electrons. The molecule has 0 saturated carbocycles. The van der Waals surface area contributed by atoms with Crippen LogP contribution in [0.2, 0.25) is 5.28 Å². The zero-order valence-corrected chi connectivity index (χ0v) is 17.3. The minimum atomic E-state index is -4.86. The molecule has 31 heavy (non-hydrogen) atoms. The van der Waals surface area contributed by atoms with Gasteiger partial charge >= 0.3 is 7.60 Å². The highest BCUT2D eigenvalue weighted by Crippen LogP contribution is 2.52. The Hall–Kier alpha value is -2.23. The highest BCUT2D eigenvalue weighted by molar-refractivity contribution is 7.51. The highest BCUT2D eigenvalue weighted by atomic mass is 35.5. The molecule has 0 aromatic carbocycles. The molecule has 15 nitrogen and oxygen atoms in total. The zero-order chi connectivity index (χ0) is 22.5. The van der Waals surface area contributed by atoms with Crippen LogP contribution < -0.4 is 5.73 Å². The Bertz CT molecular complexity index is 1150. The third-order valence-corrected chi connectivity index (χ3v) is 5.66. The largest absolute Gasteiger partial charge is 0.422 e. The Labute approximate surface area is 178 Å². The topological polar surface area (TPSA) is 225 Å². The second-order valence-corrected chi connectivity index (χ2v) is 8.67. The van der Waals surface area contributed by atoms with Crippen LogP contribution in [0.5, 0.6) is 0 Å². The predicted molar refractivity (Wildman–Crippen MR) is 100 cm³/mol. The molecule has 3 aromatic rings. The van der Waals surface area contributed by atoms with Gasteiger partial charge in [-0.2, -0.15) is 9.97 Å². The first kappa shape index (κ1) is 22.0. The Kier molecular flexibility index (Phi) is 5.70. The van der Waals surface area contributed by atoms with Crippen molar-refractivity contribution in [2.24, 2.45) is 0 Å². The molecule has 6 N–H and O–H groups in total. The first-order valence-corrected chi connectivity index (χ1v) is 10.8. The fourth-order valence-electron chi connectivity index (χ4n) is 3.10. The molecular weight excluding hydrogens is 461 g/mol. The highest BCUT2D eigenvalue weighted by Gasteiger charge is 2.46. The summed E-state index contributed by atoms with van der Waals surface area (Å²) in [6, 6.07) is 0. The minimum absolute atomic E-state index is 0.0148. The Morgan fingerprint density at radius 1 is 1.32 bits per heavy atom. The molecule has 168 valence electrons. The van der Waals surface area contributed by atoms with Gasteiger partial charge in [0, 0.05) is 6.92 Å². The van der Waals surface area contributed by atoms with Gasteiger partial charge in [-0.05, 0) is 11.6 Å². The standard InChI is InChI=1S/C14H17ClN7O8P/c1-4-20-21-11(29-4)13(31(25,26)27)28-2-5-7(23)8(24)12(30-5)22-3-17-6-9(16)18-14(15)19-10(6)22/h3,5,7-8,12-13,23-24H,2H2,1H3,(H2,16,18,19)(H2,25,26,27)/t5-,7-,8-,12-,13?/m1/s1. The third kappa shape index (κ3) is 4.14. The van der Waals surface area contributed by atoms with E-state index >= 15 is 0 Å². The van der Waals surface area contributed by atoms with E-state index in [0.717, 1.165) is 0 Å². The van der Waals surface area contributed by atoms with Crippen molar-refractivity contribution in [1.29, 1.82) is 0 Å². The molecule has 1 saturated heterocycles. The van der Waals surface area contributed by atoms with Crippen LogP contribution in [-0.2, 0) is 14.0 Å². The number of anilines is 1. The van der Waals surface area contributed by atoms with Crippen LogP contribution in [0.1, 0.15) is 23.9 Å². The number of nitrogens with zero attached hydrogens (tertiary/aromatic N) is 6. The van der Waals surface area contributed by atoms with Gasteiger partial charge in [-0.1, -0.05) is 0 Å². The van der Waals surface area contributed by atoms with E-state index in [1.807, 2.05) is 0 Å². The average molecular weight is 478 g/mol. The number of halogens is 1. The molecule has 1 aliphatic heterocycles. The molecule has 0 spiro atoms. The van der Waals surface area contributed by atoms with Crippen molar-refractivity contribution in [3.05, 3.63) is 23.4 Å². The molecule has 0 amide bonds. The molecule has 5 atom stereocenters. The van der Waals surface area contributed by atoms with Gasteiger partial charge in [0.25, 0.3) is 5.89 Å². The van der Waals surface area contributed by atoms with Gasteiger partial charge in [0.2, 0.25) is 17.0 Å². The quantitative estimate of drug-likeness (QED) is 0.218. The molecule has 1 aliphatic rings. The van der Waals surface area contributed by atoms with Crippen LogP contribution >= 0.6 is 19.2 Å². The number of nitrogens with two attached hydrogens (primary N) is 1. The number of rotatable bonds is 6. The third-order valence-electron chi connectivity index (χ3n) is 4.51. The molecule has 0 aliphatic carbocycles. The van der Waals surface area contributed by atoms with Crippen LogP contribution in [0, 0.1) is 6.92 Å². The number of aromatic nitrogens is 6. The van der Waals surface area contributed by atoms with E-state index in [0.29, 0.717) is 0 Å². The smallest absolute Gasteiger partial charge is 0.363 e. The van der Waals surface area contributed by atoms with E-state index in [1.54, 1.807) is 0 Å². The van der Waals surface area contributed by atoms with Crippen molar-refractivity contribution in [2.75, 3.05) is 12.3 Å². The molecule has 4 heterocycles. The van der Waals surface area contributed by atoms with Crippen LogP contribution in [0.4, 0.5) is 5.82 Å². The van der Waals surface area contributed by atoms with Crippen molar-refractivity contribution < 1.29 is 38.5 Å². The van der Waals surface area contributed by atoms with Gasteiger partial charge < -0.3 is 39.6 Å². The molecule has 3 aromatic heterocycles. The average Bonchev–Trinajstić information content (AvgIpc) is 3.35. The minimum Gasteiger partial charge on any atom is -0.422 e. The molecule has 1 unspecified atom stereocenters. The molecule has 4 rings (SSSR count). The van der Waals surface area contributed by atoms with Crippen molar-refractivity contribution in [2.45, 2.75) is 37.3 Å². The molecular formula is C14H17ClN7O8P. The molecule has 0 bridgehead atoms. The summed E-state index contributed by atoms with van der Waals surface area (Å²) in [5.41, 5.74) is 6.13. The van der Waals surface area contributed by atoms with Crippen LogP contribution in [-0.4, -0.2) is 74.6 Å². The lowest BCUT2D eigenvalue weighted by Crippen LogP contribution is -2.34. The van der Waals surface area contributed by atoms with Crippen molar-refractivity contribution in [3.63, 3.8) is 0 Å². The molecule has 1 fully saturated rings. The van der Waals surface area contributed by atoms with E-state index in [2.05, 4.69) is 25.1 Å². The summed E-state index contributed by atoms with van der Waals surface area (Å²) in [5, 5.41) is 27.8. The Morgan fingerprint density at radius 3 is 2.71 bits per heavy atom. The number of aliphatic hydroxyl groups is 2. The van der Waals surface area contributed by atoms with Gasteiger partial charge in [0.05, 0.1) is 12.9 Å². The van der Waals surface area contributed by atoms with Crippen molar-refractivity contribution in [3.8, 4) is 0 Å². The number of imidazole rings is 1. The Morgan fingerprint density at radius 2 is 2.06 bits per heavy atom. The number of aliphatic hydroxyl groups excluding tert-OH is 2. The number of nitrogen functional groups attached to an aromatic ring is 1. The number of ether oxygens (including phenoxy) is 2. The maximum atomic E-state index is 11.8. The maximum absolute atomic E-state index is 11.8. The predicted octanol–water partition coefficient (Wildman–Crippen LogP) is -0.734. The summed E-state index contributed by atoms with van der Waals surface area (Å²) in [6.45, 7) is 0.923. The summed E-state index contributed by atoms with van der Waals surface area (Å²) in [7, 11) is -4.86. The number of aryl methyl sites for hydroxylation is 1. The lowest BCUT2D eigenvalue weighted by molar-refractivity contribution is -0.0756. The lowest BCUT2D eigenvalue weighted by atomic mass is 10.1. The zero-order valence-electron chi connectivity index (χ0n) is 15.7. The van der Waals surface area contributed by atoms with Gasteiger partial charge in [-0.3, -0.25) is 9.13 Å². The summed E-state index contributed by atoms with van der Waals surface area (Å²) in [4.78, 5) is 31.0. The van der Waals surface area contributed by atoms with Gasteiger partial charge in [0.15, 0.2) is 17.7 Å². The lowest BCUT2D eigenvalue weighted by Gasteiger charge is -2.20. The summed E-state index contributed by atoms with van der Waals surface area (Å²) in [5.74, 6) is -2.21. The summed E-state index contributed by atoms with van der Waals surface area (Å²) >= 11 is 5.83. The fraction of sp³-hybridized carbons (Fsp3) is 0.500. The van der Waals surface area contributed by atoms with Crippen molar-refractivity contribution >= 4 is 36.2 Å². The Balaban J connectivity index is 1.55. The van der Waals surface area contributed by atoms with Crippen LogP contribution in [0.15, 0.2) is 10.7 Å². The number of hydrogen-bond donors (Lipinski definition) is 5. The van der Waals surface area contributed by atoms with E-state index in [9.17, 15) is 24.6 Å². The normalized spacial score (nSPS) is 25.4. The fourth-order valence-corrected chi connectivity index (χ4v) is 3.95. The number of fused-ring (bicyclic) bond motifs is 1. The van der Waals surface area contributed by atoms with Crippen LogP contribution in [0.25, 0.3) is 11.2 Å².